The Morgan fingerprint density at radius 2 is 1.89 bits per heavy atom. The minimum atomic E-state index is -0.944. The molecule has 2 unspecified atom stereocenters. The Morgan fingerprint density at radius 3 is 2.41 bits per heavy atom. The lowest BCUT2D eigenvalue weighted by atomic mass is 9.80. The maximum Gasteiger partial charge on any atom is 0.336 e. The number of nitrogens with two attached hydrogens (primary N) is 1. The summed E-state index contributed by atoms with van der Waals surface area (Å²) in [7, 11) is 1.29. The molecular weight excluding hydrogens is 506 g/mol. The van der Waals surface area contributed by atoms with Crippen LogP contribution in [0.25, 0.3) is 0 Å². The fourth-order valence-corrected chi connectivity index (χ4v) is 4.16. The van der Waals surface area contributed by atoms with Gasteiger partial charge in [0.2, 0.25) is 5.91 Å². The number of allylic oxidation sites excluding steroid dienone is 1. The third-order valence-electron chi connectivity index (χ3n) is 5.56. The maximum atomic E-state index is 12.9. The van der Waals surface area contributed by atoms with Crippen molar-refractivity contribution in [2.75, 3.05) is 33.5 Å². The van der Waals surface area contributed by atoms with Crippen molar-refractivity contribution in [1.29, 1.82) is 0 Å². The van der Waals surface area contributed by atoms with Crippen LogP contribution in [-0.4, -0.2) is 68.4 Å². The van der Waals surface area contributed by atoms with E-state index in [9.17, 15) is 19.2 Å². The summed E-state index contributed by atoms with van der Waals surface area (Å²) in [5.41, 5.74) is 7.70. The summed E-state index contributed by atoms with van der Waals surface area (Å²) in [6.45, 7) is 4.42. The number of ether oxygens (including phenoxy) is 3. The van der Waals surface area contributed by atoms with Crippen molar-refractivity contribution in [3.05, 3.63) is 57.4 Å². The van der Waals surface area contributed by atoms with Crippen molar-refractivity contribution in [3.8, 4) is 0 Å². The van der Waals surface area contributed by atoms with E-state index in [4.69, 9.17) is 36.7 Å². The molecule has 37 heavy (non-hydrogen) atoms. The van der Waals surface area contributed by atoms with E-state index in [0.29, 0.717) is 53.5 Å². The highest BCUT2D eigenvalue weighted by atomic mass is 35.5. The van der Waals surface area contributed by atoms with Crippen LogP contribution in [0.5, 0.6) is 0 Å². The number of carbonyl (C=O) groups is 4. The fraction of sp³-hybridized carbons (Fsp3) is 0.440. The summed E-state index contributed by atoms with van der Waals surface area (Å²) in [4.78, 5) is 46.0. The summed E-state index contributed by atoms with van der Waals surface area (Å²) < 4.78 is 15.8. The summed E-state index contributed by atoms with van der Waals surface area (Å²) in [6.07, 6.45) is 0.769. The molecule has 1 fully saturated rings. The number of hydrogen-bond donors (Lipinski definition) is 4. The molecule has 1 aromatic carbocycles. The predicted molar refractivity (Wildman–Crippen MR) is 134 cm³/mol. The number of nitrogens with one attached hydrogen (secondary N) is 2. The number of amides is 1. The standard InChI is InChI=1S/C20H25ClN2O5.C5H7NO3/c1-4-28-20(25)18-15(11-27-10-9-22)23-12(2)16(19(24)26-3)17(18)13-7-5-6-8-14(13)21;7-4-2-1-3(6-4)5(8)9/h5-8,17,23H,4,9-11,22H2,1-3H3;3H,1-2H2,(H,6,7)(H,8,9). The number of carboxylic acids is 1. The first kappa shape index (κ1) is 29.8. The Balaban J connectivity index is 0.000000449. The van der Waals surface area contributed by atoms with Crippen LogP contribution in [0.3, 0.4) is 0 Å². The Bertz CT molecular complexity index is 1090. The maximum absolute atomic E-state index is 12.9. The first-order chi connectivity index (χ1) is 17.7. The molecular formula is C25H32ClN3O8. The molecule has 2 aliphatic rings. The molecule has 11 nitrogen and oxygen atoms in total. The molecule has 202 valence electrons. The van der Waals surface area contributed by atoms with E-state index in [1.165, 1.54) is 7.11 Å². The molecule has 1 aromatic rings. The normalized spacial score (nSPS) is 18.9. The molecule has 12 heteroatoms. The molecule has 0 bridgehead atoms. The Hall–Kier alpha value is -3.41. The van der Waals surface area contributed by atoms with Gasteiger partial charge in [0.25, 0.3) is 0 Å². The summed E-state index contributed by atoms with van der Waals surface area (Å²) in [5.74, 6) is -2.97. The van der Waals surface area contributed by atoms with Gasteiger partial charge < -0.3 is 35.7 Å². The van der Waals surface area contributed by atoms with Crippen LogP contribution in [0.2, 0.25) is 5.02 Å². The van der Waals surface area contributed by atoms with Crippen LogP contribution < -0.4 is 16.4 Å². The number of rotatable bonds is 9. The van der Waals surface area contributed by atoms with Gasteiger partial charge in [-0.2, -0.15) is 0 Å². The topological polar surface area (TPSA) is 166 Å². The van der Waals surface area contributed by atoms with E-state index in [1.54, 1.807) is 38.1 Å². The Kier molecular flexibility index (Phi) is 11.6. The zero-order valence-electron chi connectivity index (χ0n) is 21.0. The number of dihydropyridines is 1. The lowest BCUT2D eigenvalue weighted by Crippen LogP contribution is -2.35. The third-order valence-corrected chi connectivity index (χ3v) is 5.91. The van der Waals surface area contributed by atoms with Crippen LogP contribution in [0.4, 0.5) is 0 Å². The molecule has 1 saturated heterocycles. The van der Waals surface area contributed by atoms with E-state index >= 15 is 0 Å². The van der Waals surface area contributed by atoms with Gasteiger partial charge in [0.05, 0.1) is 49.7 Å². The predicted octanol–water partition coefficient (Wildman–Crippen LogP) is 1.62. The van der Waals surface area contributed by atoms with Crippen molar-refractivity contribution in [1.82, 2.24) is 10.6 Å². The molecule has 2 atom stereocenters. The van der Waals surface area contributed by atoms with Gasteiger partial charge in [-0.15, -0.1) is 0 Å². The quantitative estimate of drug-likeness (QED) is 0.268. The third kappa shape index (κ3) is 7.78. The first-order valence-corrected chi connectivity index (χ1v) is 12.0. The average Bonchev–Trinajstić information content (AvgIpc) is 3.31. The highest BCUT2D eigenvalue weighted by Crippen LogP contribution is 2.41. The second kappa shape index (κ2) is 14.4. The van der Waals surface area contributed by atoms with Gasteiger partial charge in [0.1, 0.15) is 6.04 Å². The molecule has 2 aliphatic heterocycles. The van der Waals surface area contributed by atoms with Crippen molar-refractivity contribution >= 4 is 35.4 Å². The van der Waals surface area contributed by atoms with Crippen LogP contribution in [0.1, 0.15) is 38.2 Å². The van der Waals surface area contributed by atoms with Gasteiger partial charge in [-0.05, 0) is 31.9 Å². The Morgan fingerprint density at radius 1 is 1.19 bits per heavy atom. The van der Waals surface area contributed by atoms with E-state index in [-0.39, 0.29) is 24.7 Å². The lowest BCUT2D eigenvalue weighted by Gasteiger charge is -2.31. The minimum absolute atomic E-state index is 0.109. The number of carboxylic acid groups (broad SMARTS) is 1. The monoisotopic (exact) mass is 537 g/mol. The molecule has 0 aromatic heterocycles. The smallest absolute Gasteiger partial charge is 0.336 e. The van der Waals surface area contributed by atoms with Gasteiger partial charge in [-0.1, -0.05) is 29.8 Å². The van der Waals surface area contributed by atoms with Crippen molar-refractivity contribution in [3.63, 3.8) is 0 Å². The number of aliphatic carboxylic acids is 1. The minimum Gasteiger partial charge on any atom is -0.480 e. The summed E-state index contributed by atoms with van der Waals surface area (Å²) in [5, 5.41) is 14.2. The number of hydrogen-bond acceptors (Lipinski definition) is 9. The molecule has 1 amide bonds. The van der Waals surface area contributed by atoms with Crippen molar-refractivity contribution < 1.29 is 38.5 Å². The highest BCUT2D eigenvalue weighted by Gasteiger charge is 2.39. The van der Waals surface area contributed by atoms with Gasteiger partial charge in [-0.3, -0.25) is 4.79 Å². The summed E-state index contributed by atoms with van der Waals surface area (Å²) >= 11 is 6.42. The highest BCUT2D eigenvalue weighted by molar-refractivity contribution is 6.31. The fourth-order valence-electron chi connectivity index (χ4n) is 3.92. The number of halogens is 1. The zero-order chi connectivity index (χ0) is 27.5. The van der Waals surface area contributed by atoms with E-state index in [0.717, 1.165) is 0 Å². The first-order valence-electron chi connectivity index (χ1n) is 11.7. The van der Waals surface area contributed by atoms with E-state index < -0.39 is 29.9 Å². The number of esters is 2. The van der Waals surface area contributed by atoms with Crippen LogP contribution >= 0.6 is 11.6 Å². The van der Waals surface area contributed by atoms with Gasteiger partial charge in [0, 0.05) is 23.7 Å². The second-order valence-corrected chi connectivity index (χ2v) is 8.47. The summed E-state index contributed by atoms with van der Waals surface area (Å²) in [6, 6.07) is 6.40. The molecule has 5 N–H and O–H groups in total. The molecule has 2 heterocycles. The van der Waals surface area contributed by atoms with Crippen LogP contribution in [0.15, 0.2) is 46.8 Å². The van der Waals surface area contributed by atoms with Gasteiger partial charge in [0.15, 0.2) is 0 Å². The van der Waals surface area contributed by atoms with E-state index in [2.05, 4.69) is 10.6 Å². The van der Waals surface area contributed by atoms with Gasteiger partial charge in [-0.25, -0.2) is 14.4 Å². The molecule has 3 rings (SSSR count). The number of methoxy groups -OCH3 is 1. The van der Waals surface area contributed by atoms with Crippen LogP contribution in [-0.2, 0) is 33.4 Å². The van der Waals surface area contributed by atoms with Crippen molar-refractivity contribution in [2.45, 2.75) is 38.6 Å². The van der Waals surface area contributed by atoms with Gasteiger partial charge >= 0.3 is 17.9 Å². The largest absolute Gasteiger partial charge is 0.480 e. The second-order valence-electron chi connectivity index (χ2n) is 8.06. The molecule has 0 radical (unpaired) electrons. The van der Waals surface area contributed by atoms with E-state index in [1.807, 2.05) is 0 Å². The van der Waals surface area contributed by atoms with Crippen molar-refractivity contribution in [2.24, 2.45) is 5.73 Å². The number of benzene rings is 1. The number of carbonyl (C=O) groups excluding carboxylic acids is 3. The SMILES string of the molecule is CCOC(=O)C1=C(COCCN)NC(C)=C(C(=O)OC)C1c1ccccc1Cl.O=C1CCC(C(=O)O)N1. The Labute approximate surface area is 220 Å². The van der Waals surface area contributed by atoms with Crippen LogP contribution in [0, 0.1) is 0 Å². The zero-order valence-corrected chi connectivity index (χ0v) is 21.7. The lowest BCUT2D eigenvalue weighted by molar-refractivity contribution is -0.140. The molecule has 0 saturated carbocycles. The molecule has 0 aliphatic carbocycles. The molecule has 0 spiro atoms. The average molecular weight is 538 g/mol.